The fraction of sp³-hybridized carbons (Fsp3) is 0.913. The van der Waals surface area contributed by atoms with Crippen LogP contribution in [-0.2, 0) is 9.53 Å². The minimum absolute atomic E-state index is 0. The van der Waals surface area contributed by atoms with Crippen LogP contribution >= 0.6 is 24.0 Å². The quantitative estimate of drug-likeness (QED) is 0.288. The fourth-order valence-corrected chi connectivity index (χ4v) is 4.94. The van der Waals surface area contributed by atoms with Crippen LogP contribution in [0.25, 0.3) is 0 Å². The number of likely N-dealkylation sites (tertiary alicyclic amines) is 1. The van der Waals surface area contributed by atoms with Gasteiger partial charge in [0, 0.05) is 64.9 Å². The Balaban J connectivity index is 0.00000363. The summed E-state index contributed by atoms with van der Waals surface area (Å²) >= 11 is 0. The highest BCUT2D eigenvalue weighted by Crippen LogP contribution is 2.16. The van der Waals surface area contributed by atoms with Crippen molar-refractivity contribution >= 4 is 35.8 Å². The van der Waals surface area contributed by atoms with Crippen LogP contribution in [0.4, 0.5) is 0 Å². The van der Waals surface area contributed by atoms with Gasteiger partial charge in [-0.25, -0.2) is 0 Å². The molecule has 3 rings (SSSR count). The average Bonchev–Trinajstić information content (AvgIpc) is 3.33. The lowest BCUT2D eigenvalue weighted by atomic mass is 10.0. The van der Waals surface area contributed by atoms with E-state index in [0.29, 0.717) is 17.9 Å². The first-order chi connectivity index (χ1) is 15.0. The second kappa shape index (κ2) is 13.9. The summed E-state index contributed by atoms with van der Waals surface area (Å²) in [7, 11) is 0. The third-order valence-electron chi connectivity index (χ3n) is 6.98. The Morgan fingerprint density at radius 2 is 1.53 bits per heavy atom. The van der Waals surface area contributed by atoms with Gasteiger partial charge in [-0.3, -0.25) is 19.6 Å². The van der Waals surface area contributed by atoms with Crippen LogP contribution in [0.1, 0.15) is 40.5 Å². The van der Waals surface area contributed by atoms with Gasteiger partial charge in [0.2, 0.25) is 5.91 Å². The number of rotatable bonds is 7. The van der Waals surface area contributed by atoms with Gasteiger partial charge in [0.25, 0.3) is 0 Å². The lowest BCUT2D eigenvalue weighted by Gasteiger charge is -2.40. The van der Waals surface area contributed by atoms with E-state index < -0.39 is 0 Å². The van der Waals surface area contributed by atoms with Gasteiger partial charge < -0.3 is 19.9 Å². The largest absolute Gasteiger partial charge is 0.379 e. The second-order valence-electron chi connectivity index (χ2n) is 9.39. The zero-order chi connectivity index (χ0) is 22.2. The molecule has 1 N–H and O–H groups in total. The van der Waals surface area contributed by atoms with Crippen LogP contribution in [0.5, 0.6) is 0 Å². The molecule has 3 heterocycles. The van der Waals surface area contributed by atoms with E-state index in [2.05, 4.69) is 47.7 Å². The highest BCUT2D eigenvalue weighted by Gasteiger charge is 2.31. The van der Waals surface area contributed by atoms with E-state index in [0.717, 1.165) is 97.5 Å². The third-order valence-corrected chi connectivity index (χ3v) is 6.98. The Morgan fingerprint density at radius 3 is 2.09 bits per heavy atom. The summed E-state index contributed by atoms with van der Waals surface area (Å²) < 4.78 is 5.54. The van der Waals surface area contributed by atoms with Gasteiger partial charge in [0.05, 0.1) is 25.8 Å². The molecule has 32 heavy (non-hydrogen) atoms. The van der Waals surface area contributed by atoms with E-state index in [-0.39, 0.29) is 30.0 Å². The first-order valence-electron chi connectivity index (χ1n) is 12.4. The van der Waals surface area contributed by atoms with Crippen LogP contribution in [0.15, 0.2) is 4.99 Å². The van der Waals surface area contributed by atoms with Crippen molar-refractivity contribution < 1.29 is 9.53 Å². The number of hydrogen-bond donors (Lipinski definition) is 1. The lowest BCUT2D eigenvalue weighted by Crippen LogP contribution is -2.57. The summed E-state index contributed by atoms with van der Waals surface area (Å²) in [5, 5.41) is 3.50. The van der Waals surface area contributed by atoms with Crippen LogP contribution in [0, 0.1) is 5.92 Å². The molecule has 0 aromatic heterocycles. The van der Waals surface area contributed by atoms with E-state index >= 15 is 0 Å². The number of aliphatic imine (C=N–C) groups is 1. The van der Waals surface area contributed by atoms with Crippen molar-refractivity contribution in [3.05, 3.63) is 0 Å². The zero-order valence-corrected chi connectivity index (χ0v) is 22.9. The molecule has 0 aliphatic carbocycles. The molecule has 0 aromatic rings. The van der Waals surface area contributed by atoms with Crippen molar-refractivity contribution in [1.82, 2.24) is 24.9 Å². The molecule has 3 fully saturated rings. The fourth-order valence-electron chi connectivity index (χ4n) is 4.94. The maximum atomic E-state index is 12.8. The summed E-state index contributed by atoms with van der Waals surface area (Å²) in [6.45, 7) is 19.6. The van der Waals surface area contributed by atoms with Gasteiger partial charge in [-0.2, -0.15) is 0 Å². The van der Waals surface area contributed by atoms with Gasteiger partial charge in [0.1, 0.15) is 0 Å². The highest BCUT2D eigenvalue weighted by molar-refractivity contribution is 14.0. The summed E-state index contributed by atoms with van der Waals surface area (Å²) in [6, 6.07) is 0.420. The molecule has 0 aromatic carbocycles. The number of nitrogens with one attached hydrogen (secondary N) is 1. The van der Waals surface area contributed by atoms with Gasteiger partial charge in [-0.05, 0) is 32.6 Å². The summed E-state index contributed by atoms with van der Waals surface area (Å²) in [5.74, 6) is 1.87. The molecule has 186 valence electrons. The molecule has 0 saturated carbocycles. The number of piperazine rings is 1. The first-order valence-corrected chi connectivity index (χ1v) is 12.4. The number of ether oxygens (including phenoxy) is 1. The second-order valence-corrected chi connectivity index (χ2v) is 9.39. The SMILES string of the molecule is CCNC(=NCC(C(C)C)N1CCOCC1)N1CCN(C(C)C(=O)N2CCCC2)CC1.I. The molecule has 0 spiro atoms. The third kappa shape index (κ3) is 7.43. The van der Waals surface area contributed by atoms with Crippen molar-refractivity contribution in [3.63, 3.8) is 0 Å². The molecule has 2 atom stereocenters. The number of carbonyl (C=O) groups is 1. The molecular weight excluding hydrogens is 519 g/mol. The van der Waals surface area contributed by atoms with E-state index in [4.69, 9.17) is 9.73 Å². The standard InChI is InChI=1S/C23H44N6O2.HI/c1-5-24-23(25-18-21(19(2)3)27-14-16-31-17-15-27)29-12-10-26(11-13-29)20(4)22(30)28-8-6-7-9-28;/h19-21H,5-18H2,1-4H3,(H,24,25);1H. The summed E-state index contributed by atoms with van der Waals surface area (Å²) in [4.78, 5) is 27.1. The molecule has 8 nitrogen and oxygen atoms in total. The Morgan fingerprint density at radius 1 is 0.906 bits per heavy atom. The molecule has 0 radical (unpaired) electrons. The molecule has 1 amide bonds. The van der Waals surface area contributed by atoms with E-state index in [1.54, 1.807) is 0 Å². The maximum absolute atomic E-state index is 12.8. The number of guanidine groups is 1. The Kier molecular flexibility index (Phi) is 12.0. The number of nitrogens with zero attached hydrogens (tertiary/aromatic N) is 5. The molecular formula is C23H45IN6O2. The summed E-state index contributed by atoms with van der Waals surface area (Å²) in [5.41, 5.74) is 0. The molecule has 0 bridgehead atoms. The molecule has 3 saturated heterocycles. The minimum Gasteiger partial charge on any atom is -0.379 e. The maximum Gasteiger partial charge on any atom is 0.239 e. The van der Waals surface area contributed by atoms with Crippen molar-refractivity contribution in [2.75, 3.05) is 78.7 Å². The lowest BCUT2D eigenvalue weighted by molar-refractivity contribution is -0.135. The number of halogens is 1. The van der Waals surface area contributed by atoms with Crippen LogP contribution in [0.2, 0.25) is 0 Å². The van der Waals surface area contributed by atoms with E-state index in [9.17, 15) is 4.79 Å². The van der Waals surface area contributed by atoms with Crippen LogP contribution in [0.3, 0.4) is 0 Å². The number of amides is 1. The van der Waals surface area contributed by atoms with Gasteiger partial charge >= 0.3 is 0 Å². The van der Waals surface area contributed by atoms with Crippen molar-refractivity contribution in [2.24, 2.45) is 10.9 Å². The number of carbonyl (C=O) groups excluding carboxylic acids is 1. The Labute approximate surface area is 212 Å². The van der Waals surface area contributed by atoms with Gasteiger partial charge in [0.15, 0.2) is 5.96 Å². The molecule has 3 aliphatic heterocycles. The average molecular weight is 565 g/mol. The normalized spacial score (nSPS) is 23.2. The zero-order valence-electron chi connectivity index (χ0n) is 20.6. The predicted molar refractivity (Wildman–Crippen MR) is 141 cm³/mol. The topological polar surface area (TPSA) is 63.7 Å². The van der Waals surface area contributed by atoms with E-state index in [1.807, 2.05) is 4.90 Å². The number of hydrogen-bond acceptors (Lipinski definition) is 5. The highest BCUT2D eigenvalue weighted by atomic mass is 127. The van der Waals surface area contributed by atoms with Crippen molar-refractivity contribution in [3.8, 4) is 0 Å². The molecule has 2 unspecified atom stereocenters. The van der Waals surface area contributed by atoms with Crippen LogP contribution in [-0.4, -0.2) is 122 Å². The predicted octanol–water partition coefficient (Wildman–Crippen LogP) is 1.56. The van der Waals surface area contributed by atoms with Crippen molar-refractivity contribution in [1.29, 1.82) is 0 Å². The molecule has 3 aliphatic rings. The molecule has 9 heteroatoms. The monoisotopic (exact) mass is 564 g/mol. The number of morpholine rings is 1. The minimum atomic E-state index is -0.0218. The smallest absolute Gasteiger partial charge is 0.239 e. The Bertz CT molecular complexity index is 585. The summed E-state index contributed by atoms with van der Waals surface area (Å²) in [6.07, 6.45) is 2.30. The Hall–Kier alpha value is -0.650. The first kappa shape index (κ1) is 27.6. The van der Waals surface area contributed by atoms with Gasteiger partial charge in [-0.1, -0.05) is 13.8 Å². The van der Waals surface area contributed by atoms with Crippen LogP contribution < -0.4 is 5.32 Å². The van der Waals surface area contributed by atoms with E-state index in [1.165, 1.54) is 0 Å². The van der Waals surface area contributed by atoms with Gasteiger partial charge in [-0.15, -0.1) is 24.0 Å². The van der Waals surface area contributed by atoms with Crippen molar-refractivity contribution in [2.45, 2.75) is 52.6 Å².